The van der Waals surface area contributed by atoms with Crippen molar-refractivity contribution < 1.29 is 23.1 Å². The SMILES string of the molecule is Cc1cc(C(=O)N2CCC[C@H](C(=O)O)C2)cc(S(N)(=O)=O)c1C. The molecular formula is C15H20N2O5S. The van der Waals surface area contributed by atoms with E-state index in [9.17, 15) is 18.0 Å². The highest BCUT2D eigenvalue weighted by Gasteiger charge is 2.29. The normalized spacial score (nSPS) is 18.7. The maximum Gasteiger partial charge on any atom is 0.308 e. The topological polar surface area (TPSA) is 118 Å². The fourth-order valence-corrected chi connectivity index (χ4v) is 3.67. The van der Waals surface area contributed by atoms with Crippen molar-refractivity contribution >= 4 is 21.9 Å². The number of aliphatic carboxylic acids is 1. The van der Waals surface area contributed by atoms with E-state index in [2.05, 4.69) is 0 Å². The summed E-state index contributed by atoms with van der Waals surface area (Å²) in [6, 6.07) is 2.88. The Morgan fingerprint density at radius 1 is 1.30 bits per heavy atom. The number of rotatable bonds is 3. The van der Waals surface area contributed by atoms with Crippen LogP contribution in [0.4, 0.5) is 0 Å². The van der Waals surface area contributed by atoms with Crippen LogP contribution in [0.15, 0.2) is 17.0 Å². The zero-order valence-electron chi connectivity index (χ0n) is 13.1. The van der Waals surface area contributed by atoms with Crippen LogP contribution in [0.3, 0.4) is 0 Å². The highest BCUT2D eigenvalue weighted by atomic mass is 32.2. The number of aryl methyl sites for hydroxylation is 1. The van der Waals surface area contributed by atoms with E-state index in [-0.39, 0.29) is 22.9 Å². The molecule has 0 radical (unpaired) electrons. The molecule has 1 saturated heterocycles. The largest absolute Gasteiger partial charge is 0.481 e. The van der Waals surface area contributed by atoms with E-state index in [4.69, 9.17) is 10.2 Å². The van der Waals surface area contributed by atoms with Gasteiger partial charge in [-0.2, -0.15) is 0 Å². The summed E-state index contributed by atoms with van der Waals surface area (Å²) >= 11 is 0. The summed E-state index contributed by atoms with van der Waals surface area (Å²) in [4.78, 5) is 25.1. The first kappa shape index (κ1) is 17.4. The Balaban J connectivity index is 2.36. The van der Waals surface area contributed by atoms with Crippen molar-refractivity contribution in [3.63, 3.8) is 0 Å². The van der Waals surface area contributed by atoms with Crippen molar-refractivity contribution in [1.82, 2.24) is 4.90 Å². The first-order valence-corrected chi connectivity index (χ1v) is 8.82. The second-order valence-corrected chi connectivity index (χ2v) is 7.42. The minimum Gasteiger partial charge on any atom is -0.481 e. The Kier molecular flexibility index (Phi) is 4.76. The van der Waals surface area contributed by atoms with Crippen molar-refractivity contribution in [2.45, 2.75) is 31.6 Å². The second kappa shape index (κ2) is 6.29. The Morgan fingerprint density at radius 2 is 1.96 bits per heavy atom. The number of primary sulfonamides is 1. The van der Waals surface area contributed by atoms with E-state index < -0.39 is 21.9 Å². The summed E-state index contributed by atoms with van der Waals surface area (Å²) < 4.78 is 23.3. The number of sulfonamides is 1. The van der Waals surface area contributed by atoms with Gasteiger partial charge in [0.15, 0.2) is 0 Å². The van der Waals surface area contributed by atoms with Gasteiger partial charge in [-0.05, 0) is 49.9 Å². The van der Waals surface area contributed by atoms with Crippen molar-refractivity contribution in [1.29, 1.82) is 0 Å². The zero-order valence-corrected chi connectivity index (χ0v) is 13.9. The predicted octanol–water partition coefficient (Wildman–Crippen LogP) is 0.888. The van der Waals surface area contributed by atoms with Crippen LogP contribution < -0.4 is 5.14 Å². The van der Waals surface area contributed by atoms with Gasteiger partial charge in [-0.1, -0.05) is 0 Å². The molecular weight excluding hydrogens is 320 g/mol. The van der Waals surface area contributed by atoms with Gasteiger partial charge >= 0.3 is 5.97 Å². The summed E-state index contributed by atoms with van der Waals surface area (Å²) in [6.07, 6.45) is 1.14. The van der Waals surface area contributed by atoms with E-state index in [0.29, 0.717) is 30.5 Å². The third kappa shape index (κ3) is 3.70. The summed E-state index contributed by atoms with van der Waals surface area (Å²) in [5.41, 5.74) is 1.36. The second-order valence-electron chi connectivity index (χ2n) is 5.89. The van der Waals surface area contributed by atoms with Crippen molar-refractivity contribution in [2.75, 3.05) is 13.1 Å². The number of carbonyl (C=O) groups is 2. The number of piperidine rings is 1. The Morgan fingerprint density at radius 3 is 2.52 bits per heavy atom. The molecule has 3 N–H and O–H groups in total. The number of nitrogens with two attached hydrogens (primary N) is 1. The Bertz CT molecular complexity index is 757. The molecule has 0 bridgehead atoms. The molecule has 1 heterocycles. The molecule has 1 fully saturated rings. The van der Waals surface area contributed by atoms with Gasteiger partial charge < -0.3 is 10.0 Å². The number of carboxylic acid groups (broad SMARTS) is 1. The van der Waals surface area contributed by atoms with Crippen LogP contribution in [-0.4, -0.2) is 43.4 Å². The number of benzene rings is 1. The third-order valence-corrected chi connectivity index (χ3v) is 5.27. The molecule has 0 spiro atoms. The Labute approximate surface area is 135 Å². The third-order valence-electron chi connectivity index (χ3n) is 4.23. The van der Waals surface area contributed by atoms with Crippen LogP contribution in [0.5, 0.6) is 0 Å². The molecule has 1 amide bonds. The van der Waals surface area contributed by atoms with E-state index in [1.54, 1.807) is 19.9 Å². The quantitative estimate of drug-likeness (QED) is 0.847. The number of carboxylic acids is 1. The first-order valence-electron chi connectivity index (χ1n) is 7.27. The summed E-state index contributed by atoms with van der Waals surface area (Å²) in [6.45, 7) is 3.92. The van der Waals surface area contributed by atoms with E-state index in [1.807, 2.05) is 0 Å². The van der Waals surface area contributed by atoms with Crippen molar-refractivity contribution in [3.8, 4) is 0 Å². The molecule has 2 rings (SSSR count). The van der Waals surface area contributed by atoms with Gasteiger partial charge in [-0.25, -0.2) is 13.6 Å². The smallest absolute Gasteiger partial charge is 0.308 e. The standard InChI is InChI=1S/C15H20N2O5S/c1-9-6-12(7-13(10(9)2)23(16,21)22)14(18)17-5-3-4-11(8-17)15(19)20/h6-7,11H,3-5,8H2,1-2H3,(H,19,20)(H2,16,21,22)/t11-/m0/s1. The van der Waals surface area contributed by atoms with Crippen LogP contribution in [0, 0.1) is 19.8 Å². The lowest BCUT2D eigenvalue weighted by molar-refractivity contribution is -0.143. The molecule has 1 aliphatic heterocycles. The monoisotopic (exact) mass is 340 g/mol. The highest BCUT2D eigenvalue weighted by molar-refractivity contribution is 7.89. The molecule has 7 nitrogen and oxygen atoms in total. The molecule has 1 aliphatic rings. The average Bonchev–Trinajstić information content (AvgIpc) is 2.48. The molecule has 0 aromatic heterocycles. The molecule has 23 heavy (non-hydrogen) atoms. The summed E-state index contributed by atoms with van der Waals surface area (Å²) in [5.74, 6) is -1.88. The molecule has 0 saturated carbocycles. The number of hydrogen-bond donors (Lipinski definition) is 2. The number of nitrogens with zero attached hydrogens (tertiary/aromatic N) is 1. The minimum absolute atomic E-state index is 0.0763. The highest BCUT2D eigenvalue weighted by Crippen LogP contribution is 2.23. The van der Waals surface area contributed by atoms with Crippen LogP contribution >= 0.6 is 0 Å². The maximum atomic E-state index is 12.6. The number of carbonyl (C=O) groups excluding carboxylic acids is 1. The van der Waals surface area contributed by atoms with Gasteiger partial charge in [0.2, 0.25) is 10.0 Å². The van der Waals surface area contributed by atoms with Crippen molar-refractivity contribution in [2.24, 2.45) is 11.1 Å². The van der Waals surface area contributed by atoms with Crippen molar-refractivity contribution in [3.05, 3.63) is 28.8 Å². The van der Waals surface area contributed by atoms with Crippen LogP contribution in [0.25, 0.3) is 0 Å². The van der Waals surface area contributed by atoms with Gasteiger partial charge in [0.05, 0.1) is 10.8 Å². The first-order chi connectivity index (χ1) is 10.6. The van der Waals surface area contributed by atoms with Gasteiger partial charge in [-0.15, -0.1) is 0 Å². The average molecular weight is 340 g/mol. The van der Waals surface area contributed by atoms with Gasteiger partial charge in [0.25, 0.3) is 5.91 Å². The molecule has 1 aromatic rings. The fourth-order valence-electron chi connectivity index (χ4n) is 2.79. The van der Waals surface area contributed by atoms with Crippen LogP contribution in [0.1, 0.15) is 34.3 Å². The summed E-state index contributed by atoms with van der Waals surface area (Å²) in [5, 5.41) is 14.3. The number of likely N-dealkylation sites (tertiary alicyclic amines) is 1. The number of hydrogen-bond acceptors (Lipinski definition) is 4. The maximum absolute atomic E-state index is 12.6. The van der Waals surface area contributed by atoms with Crippen LogP contribution in [0.2, 0.25) is 0 Å². The molecule has 8 heteroatoms. The minimum atomic E-state index is -3.93. The van der Waals surface area contributed by atoms with Gasteiger partial charge in [0, 0.05) is 18.7 Å². The molecule has 0 aliphatic carbocycles. The lowest BCUT2D eigenvalue weighted by Crippen LogP contribution is -2.42. The number of amides is 1. The molecule has 126 valence electrons. The van der Waals surface area contributed by atoms with Gasteiger partial charge in [0.1, 0.15) is 0 Å². The van der Waals surface area contributed by atoms with E-state index in [0.717, 1.165) is 0 Å². The zero-order chi connectivity index (χ0) is 17.4. The lowest BCUT2D eigenvalue weighted by atomic mass is 9.97. The summed E-state index contributed by atoms with van der Waals surface area (Å²) in [7, 11) is -3.93. The van der Waals surface area contributed by atoms with Crippen LogP contribution in [-0.2, 0) is 14.8 Å². The molecule has 0 unspecified atom stereocenters. The Hall–Kier alpha value is -1.93. The van der Waals surface area contributed by atoms with E-state index >= 15 is 0 Å². The fraction of sp³-hybridized carbons (Fsp3) is 0.467. The lowest BCUT2D eigenvalue weighted by Gasteiger charge is -2.31. The van der Waals surface area contributed by atoms with E-state index in [1.165, 1.54) is 11.0 Å². The van der Waals surface area contributed by atoms with Gasteiger partial charge in [-0.3, -0.25) is 9.59 Å². The molecule has 1 aromatic carbocycles. The predicted molar refractivity (Wildman–Crippen MR) is 83.6 cm³/mol. The molecule has 1 atom stereocenters.